The molecule has 0 aliphatic heterocycles. The molecule has 0 saturated carbocycles. The molecule has 0 bridgehead atoms. The summed E-state index contributed by atoms with van der Waals surface area (Å²) in [4.78, 5) is 8.13. The highest BCUT2D eigenvalue weighted by Crippen LogP contribution is 2.22. The Hall–Kier alpha value is -1.94. The van der Waals surface area contributed by atoms with Crippen LogP contribution in [0.5, 0.6) is 0 Å². The van der Waals surface area contributed by atoms with Crippen LogP contribution in [0.25, 0.3) is 16.7 Å². The molecule has 4 nitrogen and oxygen atoms in total. The van der Waals surface area contributed by atoms with E-state index in [9.17, 15) is 0 Å². The smallest absolute Gasteiger partial charge is 0.166 e. The van der Waals surface area contributed by atoms with Gasteiger partial charge in [0, 0.05) is 6.20 Å². The third-order valence-corrected chi connectivity index (χ3v) is 2.63. The minimum absolute atomic E-state index is 0.645. The Kier molecular flexibility index (Phi) is 2.08. The van der Waals surface area contributed by atoms with Gasteiger partial charge in [-0.3, -0.25) is 0 Å². The SMILES string of the molecule is Clc1ccccc1-n1ncc2cncnc21. The number of fused-ring (bicyclic) bond motifs is 1. The third kappa shape index (κ3) is 1.35. The molecule has 0 amide bonds. The van der Waals surface area contributed by atoms with E-state index in [0.717, 1.165) is 16.7 Å². The Bertz CT molecular complexity index is 647. The number of nitrogens with zero attached hydrogens (tertiary/aromatic N) is 4. The van der Waals surface area contributed by atoms with E-state index in [1.165, 1.54) is 6.33 Å². The first kappa shape index (κ1) is 9.30. The molecule has 0 radical (unpaired) electrons. The molecule has 0 N–H and O–H groups in total. The van der Waals surface area contributed by atoms with E-state index in [2.05, 4.69) is 15.1 Å². The number of rotatable bonds is 1. The lowest BCUT2D eigenvalue weighted by atomic mass is 10.3. The van der Waals surface area contributed by atoms with E-state index in [4.69, 9.17) is 11.6 Å². The molecule has 0 aliphatic rings. The van der Waals surface area contributed by atoms with Crippen molar-refractivity contribution in [2.45, 2.75) is 0 Å². The maximum Gasteiger partial charge on any atom is 0.166 e. The quantitative estimate of drug-likeness (QED) is 0.645. The van der Waals surface area contributed by atoms with Gasteiger partial charge in [0.15, 0.2) is 5.65 Å². The highest BCUT2D eigenvalue weighted by atomic mass is 35.5. The summed E-state index contributed by atoms with van der Waals surface area (Å²) in [5, 5.41) is 5.79. The Labute approximate surface area is 96.5 Å². The highest BCUT2D eigenvalue weighted by Gasteiger charge is 2.08. The van der Waals surface area contributed by atoms with Gasteiger partial charge in [0.1, 0.15) is 6.33 Å². The number of benzene rings is 1. The maximum atomic E-state index is 6.11. The molecule has 2 heterocycles. The molecule has 0 atom stereocenters. The number of hydrogen-bond donors (Lipinski definition) is 0. The Morgan fingerprint density at radius 3 is 2.88 bits per heavy atom. The average Bonchev–Trinajstić information content (AvgIpc) is 2.74. The molecule has 16 heavy (non-hydrogen) atoms. The van der Waals surface area contributed by atoms with Gasteiger partial charge in [0.2, 0.25) is 0 Å². The van der Waals surface area contributed by atoms with Crippen molar-refractivity contribution in [2.75, 3.05) is 0 Å². The fourth-order valence-electron chi connectivity index (χ4n) is 1.58. The monoisotopic (exact) mass is 230 g/mol. The standard InChI is InChI=1S/C11H7ClN4/c12-9-3-1-2-4-10(9)16-11-8(6-15-16)5-13-7-14-11/h1-7H. The normalized spacial score (nSPS) is 10.8. The summed E-state index contributed by atoms with van der Waals surface area (Å²) >= 11 is 6.11. The van der Waals surface area contributed by atoms with Crippen LogP contribution in [0.4, 0.5) is 0 Å². The van der Waals surface area contributed by atoms with Crippen molar-refractivity contribution in [3.63, 3.8) is 0 Å². The second-order valence-electron chi connectivity index (χ2n) is 3.31. The molecule has 5 heteroatoms. The second-order valence-corrected chi connectivity index (χ2v) is 3.72. The third-order valence-electron chi connectivity index (χ3n) is 2.31. The largest absolute Gasteiger partial charge is 0.244 e. The van der Waals surface area contributed by atoms with Crippen molar-refractivity contribution < 1.29 is 0 Å². The topological polar surface area (TPSA) is 43.6 Å². The molecule has 78 valence electrons. The molecule has 3 rings (SSSR count). The zero-order chi connectivity index (χ0) is 11.0. The number of halogens is 1. The molecule has 2 aromatic heterocycles. The van der Waals surface area contributed by atoms with Gasteiger partial charge in [-0.1, -0.05) is 23.7 Å². The highest BCUT2D eigenvalue weighted by molar-refractivity contribution is 6.32. The van der Waals surface area contributed by atoms with Crippen molar-refractivity contribution >= 4 is 22.6 Å². The predicted molar refractivity (Wildman–Crippen MR) is 61.7 cm³/mol. The van der Waals surface area contributed by atoms with Crippen LogP contribution >= 0.6 is 11.6 Å². The molecule has 0 fully saturated rings. The van der Waals surface area contributed by atoms with Gasteiger partial charge in [-0.05, 0) is 12.1 Å². The average molecular weight is 231 g/mol. The van der Waals surface area contributed by atoms with E-state index in [-0.39, 0.29) is 0 Å². The van der Waals surface area contributed by atoms with Gasteiger partial charge in [0.25, 0.3) is 0 Å². The lowest BCUT2D eigenvalue weighted by Gasteiger charge is -2.03. The minimum atomic E-state index is 0.645. The lowest BCUT2D eigenvalue weighted by Crippen LogP contribution is -1.98. The first-order chi connectivity index (χ1) is 7.86. The van der Waals surface area contributed by atoms with E-state index < -0.39 is 0 Å². The molecule has 0 saturated heterocycles. The first-order valence-corrected chi connectivity index (χ1v) is 5.13. The number of para-hydroxylation sites is 1. The van der Waals surface area contributed by atoms with E-state index in [1.54, 1.807) is 17.1 Å². The summed E-state index contributed by atoms with van der Waals surface area (Å²) in [6, 6.07) is 7.52. The Morgan fingerprint density at radius 1 is 1.12 bits per heavy atom. The Balaban J connectivity index is 2.31. The minimum Gasteiger partial charge on any atom is -0.244 e. The first-order valence-electron chi connectivity index (χ1n) is 4.75. The van der Waals surface area contributed by atoms with Gasteiger partial charge in [-0.15, -0.1) is 0 Å². The van der Waals surface area contributed by atoms with Crippen molar-refractivity contribution in [1.82, 2.24) is 19.7 Å². The summed E-state index contributed by atoms with van der Waals surface area (Å²) < 4.78 is 1.71. The van der Waals surface area contributed by atoms with Gasteiger partial charge < -0.3 is 0 Å². The van der Waals surface area contributed by atoms with Crippen LogP contribution in [0.3, 0.4) is 0 Å². The van der Waals surface area contributed by atoms with Crippen LogP contribution < -0.4 is 0 Å². The second kappa shape index (κ2) is 3.57. The summed E-state index contributed by atoms with van der Waals surface area (Å²) in [6.45, 7) is 0. The summed E-state index contributed by atoms with van der Waals surface area (Å²) in [5.41, 5.74) is 1.57. The molecule has 0 aliphatic carbocycles. The number of aromatic nitrogens is 4. The molecule has 0 unspecified atom stereocenters. The van der Waals surface area contributed by atoms with E-state index in [1.807, 2.05) is 24.3 Å². The molecule has 0 spiro atoms. The predicted octanol–water partition coefficient (Wildman–Crippen LogP) is 2.47. The number of hydrogen-bond acceptors (Lipinski definition) is 3. The molecular formula is C11H7ClN4. The van der Waals surface area contributed by atoms with Crippen molar-refractivity contribution in [3.05, 3.63) is 48.0 Å². The van der Waals surface area contributed by atoms with Gasteiger partial charge in [-0.25, -0.2) is 14.6 Å². The lowest BCUT2D eigenvalue weighted by molar-refractivity contribution is 0.895. The van der Waals surface area contributed by atoms with E-state index >= 15 is 0 Å². The zero-order valence-electron chi connectivity index (χ0n) is 8.21. The summed E-state index contributed by atoms with van der Waals surface area (Å²) in [5.74, 6) is 0. The van der Waals surface area contributed by atoms with Gasteiger partial charge in [0.05, 0.1) is 22.3 Å². The van der Waals surface area contributed by atoms with Crippen LogP contribution in [-0.2, 0) is 0 Å². The molecule has 3 aromatic rings. The summed E-state index contributed by atoms with van der Waals surface area (Å²) in [7, 11) is 0. The van der Waals surface area contributed by atoms with Crippen LogP contribution in [0, 0.1) is 0 Å². The van der Waals surface area contributed by atoms with Crippen molar-refractivity contribution in [3.8, 4) is 5.69 Å². The Morgan fingerprint density at radius 2 is 2.00 bits per heavy atom. The van der Waals surface area contributed by atoms with Crippen LogP contribution in [0.15, 0.2) is 43.0 Å². The maximum absolute atomic E-state index is 6.11. The van der Waals surface area contributed by atoms with E-state index in [0.29, 0.717) is 5.02 Å². The molecule has 1 aromatic carbocycles. The summed E-state index contributed by atoms with van der Waals surface area (Å²) in [6.07, 6.45) is 4.94. The zero-order valence-corrected chi connectivity index (χ0v) is 8.96. The van der Waals surface area contributed by atoms with Crippen LogP contribution in [-0.4, -0.2) is 19.7 Å². The van der Waals surface area contributed by atoms with Crippen molar-refractivity contribution in [1.29, 1.82) is 0 Å². The molecular weight excluding hydrogens is 224 g/mol. The fourth-order valence-corrected chi connectivity index (χ4v) is 1.79. The van der Waals surface area contributed by atoms with Gasteiger partial charge in [-0.2, -0.15) is 5.10 Å². The fraction of sp³-hybridized carbons (Fsp3) is 0. The van der Waals surface area contributed by atoms with Crippen molar-refractivity contribution in [2.24, 2.45) is 0 Å². The van der Waals surface area contributed by atoms with Crippen LogP contribution in [0.2, 0.25) is 5.02 Å². The van der Waals surface area contributed by atoms with Gasteiger partial charge >= 0.3 is 0 Å². The van der Waals surface area contributed by atoms with Crippen LogP contribution in [0.1, 0.15) is 0 Å².